The predicted molar refractivity (Wildman–Crippen MR) is 68.3 cm³/mol. The molecular weight excluding hydrogens is 240 g/mol. The van der Waals surface area contributed by atoms with Crippen molar-refractivity contribution >= 4 is 28.1 Å². The minimum absolute atomic E-state index is 0.112. The molecule has 2 atom stereocenters. The van der Waals surface area contributed by atoms with Crippen molar-refractivity contribution in [2.75, 3.05) is 5.32 Å². The van der Waals surface area contributed by atoms with Crippen molar-refractivity contribution in [3.63, 3.8) is 0 Å². The summed E-state index contributed by atoms with van der Waals surface area (Å²) < 4.78 is 0. The molecule has 1 aromatic heterocycles. The van der Waals surface area contributed by atoms with E-state index in [-0.39, 0.29) is 11.4 Å². The molecule has 1 aliphatic carbocycles. The summed E-state index contributed by atoms with van der Waals surface area (Å²) in [6.07, 6.45) is 2.73. The molecule has 0 spiro atoms. The van der Waals surface area contributed by atoms with Crippen molar-refractivity contribution < 1.29 is 0 Å². The van der Waals surface area contributed by atoms with Crippen LogP contribution < -0.4 is 5.32 Å². The van der Waals surface area contributed by atoms with E-state index < -0.39 is 0 Å². The van der Waals surface area contributed by atoms with Gasteiger partial charge in [0.1, 0.15) is 0 Å². The van der Waals surface area contributed by atoms with E-state index in [4.69, 9.17) is 11.6 Å². The fourth-order valence-electron chi connectivity index (χ4n) is 2.14. The van der Waals surface area contributed by atoms with Gasteiger partial charge < -0.3 is 5.32 Å². The first-order chi connectivity index (χ1) is 7.84. The summed E-state index contributed by atoms with van der Waals surface area (Å²) in [6, 6.07) is 8.60. The van der Waals surface area contributed by atoms with Crippen LogP contribution in [0.5, 0.6) is 0 Å². The van der Waals surface area contributed by atoms with Gasteiger partial charge in [0.15, 0.2) is 5.13 Å². The molecule has 2 nitrogen and oxygen atoms in total. The average molecular weight is 251 g/mol. The lowest BCUT2D eigenvalue weighted by Crippen LogP contribution is -2.16. The number of benzene rings is 1. The van der Waals surface area contributed by atoms with Crippen LogP contribution in [0.1, 0.15) is 17.2 Å². The normalized spacial score (nSPS) is 23.1. The molecular formula is C12H11ClN2S. The SMILES string of the molecule is ClC1Cc2ccccc2C1Nc1nccs1. The highest BCUT2D eigenvalue weighted by Gasteiger charge is 2.30. The molecule has 4 heteroatoms. The Labute approximate surface area is 103 Å². The molecule has 2 aromatic rings. The van der Waals surface area contributed by atoms with Gasteiger partial charge in [0.2, 0.25) is 0 Å². The Morgan fingerprint density at radius 2 is 2.25 bits per heavy atom. The molecule has 0 radical (unpaired) electrons. The Hall–Kier alpha value is -1.06. The molecule has 82 valence electrons. The van der Waals surface area contributed by atoms with Gasteiger partial charge >= 0.3 is 0 Å². The van der Waals surface area contributed by atoms with E-state index in [9.17, 15) is 0 Å². The second kappa shape index (κ2) is 4.07. The predicted octanol–water partition coefficient (Wildman–Crippen LogP) is 3.46. The minimum Gasteiger partial charge on any atom is -0.353 e. The third-order valence-electron chi connectivity index (χ3n) is 2.88. The lowest BCUT2D eigenvalue weighted by Gasteiger charge is -2.16. The van der Waals surface area contributed by atoms with Crippen molar-refractivity contribution in [3.05, 3.63) is 47.0 Å². The molecule has 0 amide bonds. The van der Waals surface area contributed by atoms with Gasteiger partial charge in [0, 0.05) is 11.6 Å². The maximum atomic E-state index is 6.37. The van der Waals surface area contributed by atoms with E-state index in [2.05, 4.69) is 34.6 Å². The number of hydrogen-bond acceptors (Lipinski definition) is 3. The van der Waals surface area contributed by atoms with Crippen LogP contribution in [0.25, 0.3) is 0 Å². The highest BCUT2D eigenvalue weighted by Crippen LogP contribution is 2.37. The van der Waals surface area contributed by atoms with Gasteiger partial charge in [-0.2, -0.15) is 0 Å². The summed E-state index contributed by atoms with van der Waals surface area (Å²) in [5.41, 5.74) is 2.65. The van der Waals surface area contributed by atoms with E-state index >= 15 is 0 Å². The number of anilines is 1. The minimum atomic E-state index is 0.112. The second-order valence-electron chi connectivity index (χ2n) is 3.88. The zero-order chi connectivity index (χ0) is 11.0. The van der Waals surface area contributed by atoms with Crippen LogP contribution in [-0.4, -0.2) is 10.4 Å². The zero-order valence-electron chi connectivity index (χ0n) is 8.56. The Balaban J connectivity index is 1.90. The first-order valence-corrected chi connectivity index (χ1v) is 6.54. The number of fused-ring (bicyclic) bond motifs is 1. The summed E-state index contributed by atoms with van der Waals surface area (Å²) >= 11 is 7.98. The van der Waals surface area contributed by atoms with Crippen LogP contribution in [0, 0.1) is 0 Å². The van der Waals surface area contributed by atoms with Crippen molar-refractivity contribution in [2.24, 2.45) is 0 Å². The van der Waals surface area contributed by atoms with Gasteiger partial charge in [-0.25, -0.2) is 4.98 Å². The molecule has 0 aliphatic heterocycles. The highest BCUT2D eigenvalue weighted by atomic mass is 35.5. The fourth-order valence-corrected chi connectivity index (χ4v) is 3.07. The summed E-state index contributed by atoms with van der Waals surface area (Å²) in [5, 5.41) is 6.42. The number of nitrogens with zero attached hydrogens (tertiary/aromatic N) is 1. The maximum absolute atomic E-state index is 6.37. The Morgan fingerprint density at radius 1 is 1.38 bits per heavy atom. The first-order valence-electron chi connectivity index (χ1n) is 5.22. The lowest BCUT2D eigenvalue weighted by molar-refractivity contribution is 0.770. The molecule has 1 N–H and O–H groups in total. The molecule has 2 unspecified atom stereocenters. The Kier molecular flexibility index (Phi) is 2.58. The number of alkyl halides is 1. The van der Waals surface area contributed by atoms with Crippen molar-refractivity contribution in [1.82, 2.24) is 4.98 Å². The maximum Gasteiger partial charge on any atom is 0.183 e. The van der Waals surface area contributed by atoms with Crippen molar-refractivity contribution in [1.29, 1.82) is 0 Å². The van der Waals surface area contributed by atoms with E-state index in [1.807, 2.05) is 5.38 Å². The number of halogens is 1. The van der Waals surface area contributed by atoms with E-state index in [0.29, 0.717) is 0 Å². The van der Waals surface area contributed by atoms with Gasteiger partial charge in [0.25, 0.3) is 0 Å². The molecule has 1 heterocycles. The molecule has 1 aromatic carbocycles. The van der Waals surface area contributed by atoms with Crippen LogP contribution in [-0.2, 0) is 6.42 Å². The summed E-state index contributed by atoms with van der Waals surface area (Å²) in [7, 11) is 0. The summed E-state index contributed by atoms with van der Waals surface area (Å²) in [6.45, 7) is 0. The van der Waals surface area contributed by atoms with Crippen molar-refractivity contribution in [3.8, 4) is 0 Å². The molecule has 0 saturated heterocycles. The smallest absolute Gasteiger partial charge is 0.183 e. The van der Waals surface area contributed by atoms with Crippen LogP contribution in [0.4, 0.5) is 5.13 Å². The van der Waals surface area contributed by atoms with E-state index in [0.717, 1.165) is 11.6 Å². The monoisotopic (exact) mass is 250 g/mol. The summed E-state index contributed by atoms with van der Waals surface area (Å²) in [5.74, 6) is 0. The quantitative estimate of drug-likeness (QED) is 0.826. The topological polar surface area (TPSA) is 24.9 Å². The molecule has 1 aliphatic rings. The number of rotatable bonds is 2. The molecule has 0 fully saturated rings. The number of hydrogen-bond donors (Lipinski definition) is 1. The lowest BCUT2D eigenvalue weighted by atomic mass is 10.1. The average Bonchev–Trinajstić information content (AvgIpc) is 2.89. The van der Waals surface area contributed by atoms with Gasteiger partial charge in [-0.1, -0.05) is 24.3 Å². The Morgan fingerprint density at radius 3 is 3.06 bits per heavy atom. The fraction of sp³-hybridized carbons (Fsp3) is 0.250. The van der Waals surface area contributed by atoms with E-state index in [1.54, 1.807) is 17.5 Å². The van der Waals surface area contributed by atoms with Gasteiger partial charge in [-0.05, 0) is 17.5 Å². The zero-order valence-corrected chi connectivity index (χ0v) is 10.1. The molecule has 3 rings (SSSR count). The number of thiazole rings is 1. The van der Waals surface area contributed by atoms with Crippen LogP contribution in [0.3, 0.4) is 0 Å². The number of aromatic nitrogens is 1. The summed E-state index contributed by atoms with van der Waals surface area (Å²) in [4.78, 5) is 4.24. The highest BCUT2D eigenvalue weighted by molar-refractivity contribution is 7.13. The largest absolute Gasteiger partial charge is 0.353 e. The molecule has 0 saturated carbocycles. The number of nitrogens with one attached hydrogen (secondary N) is 1. The van der Waals surface area contributed by atoms with Gasteiger partial charge in [-0.3, -0.25) is 0 Å². The third kappa shape index (κ3) is 1.70. The van der Waals surface area contributed by atoms with Crippen LogP contribution >= 0.6 is 22.9 Å². The Bertz CT molecular complexity index is 484. The van der Waals surface area contributed by atoms with Crippen molar-refractivity contribution in [2.45, 2.75) is 17.8 Å². The second-order valence-corrected chi connectivity index (χ2v) is 5.33. The van der Waals surface area contributed by atoms with Crippen LogP contribution in [0.15, 0.2) is 35.8 Å². The standard InChI is InChI=1S/C12H11ClN2S/c13-10-7-8-3-1-2-4-9(8)11(10)15-12-14-5-6-16-12/h1-6,10-11H,7H2,(H,14,15). The molecule has 0 bridgehead atoms. The first kappa shape index (κ1) is 10.1. The van der Waals surface area contributed by atoms with Gasteiger partial charge in [-0.15, -0.1) is 22.9 Å². The molecule has 16 heavy (non-hydrogen) atoms. The van der Waals surface area contributed by atoms with Gasteiger partial charge in [0.05, 0.1) is 11.4 Å². The van der Waals surface area contributed by atoms with Crippen LogP contribution in [0.2, 0.25) is 0 Å². The third-order valence-corrected chi connectivity index (χ3v) is 3.99. The van der Waals surface area contributed by atoms with E-state index in [1.165, 1.54) is 11.1 Å².